The molecule has 21 heavy (non-hydrogen) atoms. The van der Waals surface area contributed by atoms with Gasteiger partial charge in [0.05, 0.1) is 0 Å². The summed E-state index contributed by atoms with van der Waals surface area (Å²) in [6.07, 6.45) is 0. The van der Waals surface area contributed by atoms with Crippen molar-refractivity contribution < 1.29 is 13.9 Å². The second-order valence-electron chi connectivity index (χ2n) is 4.86. The molecule has 0 fully saturated rings. The smallest absolute Gasteiger partial charge is 0.275 e. The zero-order chi connectivity index (χ0) is 15.6. The summed E-state index contributed by atoms with van der Waals surface area (Å²) in [7, 11) is 0. The first kappa shape index (κ1) is 15.1. The van der Waals surface area contributed by atoms with Crippen molar-refractivity contribution in [1.82, 2.24) is 15.1 Å². The van der Waals surface area contributed by atoms with Gasteiger partial charge in [-0.15, -0.1) is 0 Å². The third kappa shape index (κ3) is 3.43. The van der Waals surface area contributed by atoms with Gasteiger partial charge in [-0.2, -0.15) is 9.78 Å². The van der Waals surface area contributed by atoms with Crippen LogP contribution in [0.25, 0.3) is 5.69 Å². The third-order valence-electron chi connectivity index (χ3n) is 2.80. The standard InChI is InChI=1S/C14H15F2N3O2/c1-8(2)17-7-11-13(20)6-14(21)19(18-11)12-5-9(15)3-4-10(12)16/h3-6,8,17,20H,7H2,1-2H3. The average molecular weight is 295 g/mol. The average Bonchev–Trinajstić information content (AvgIpc) is 2.41. The second-order valence-corrected chi connectivity index (χ2v) is 4.86. The number of nitrogens with zero attached hydrogens (tertiary/aromatic N) is 2. The molecule has 1 heterocycles. The SMILES string of the molecule is CC(C)NCc1nn(-c2cc(F)ccc2F)c(=O)cc1O. The first-order valence-electron chi connectivity index (χ1n) is 6.39. The summed E-state index contributed by atoms with van der Waals surface area (Å²) in [5, 5.41) is 16.6. The fraction of sp³-hybridized carbons (Fsp3) is 0.286. The van der Waals surface area contributed by atoms with Crippen LogP contribution in [0.15, 0.2) is 29.1 Å². The molecule has 0 spiro atoms. The maximum atomic E-state index is 13.7. The summed E-state index contributed by atoms with van der Waals surface area (Å²) in [6, 6.07) is 3.80. The van der Waals surface area contributed by atoms with Crippen LogP contribution in [-0.2, 0) is 6.54 Å². The lowest BCUT2D eigenvalue weighted by Gasteiger charge is -2.11. The van der Waals surface area contributed by atoms with Gasteiger partial charge in [0.15, 0.2) is 0 Å². The minimum absolute atomic E-state index is 0.137. The van der Waals surface area contributed by atoms with E-state index in [1.807, 2.05) is 13.8 Å². The first-order valence-corrected chi connectivity index (χ1v) is 6.39. The zero-order valence-electron chi connectivity index (χ0n) is 11.6. The van der Waals surface area contributed by atoms with Crippen LogP contribution in [0.4, 0.5) is 8.78 Å². The van der Waals surface area contributed by atoms with Gasteiger partial charge >= 0.3 is 0 Å². The highest BCUT2D eigenvalue weighted by atomic mass is 19.1. The van der Waals surface area contributed by atoms with Crippen LogP contribution in [-0.4, -0.2) is 20.9 Å². The fourth-order valence-electron chi connectivity index (χ4n) is 1.73. The van der Waals surface area contributed by atoms with Crippen molar-refractivity contribution in [3.8, 4) is 11.4 Å². The lowest BCUT2D eigenvalue weighted by molar-refractivity contribution is 0.446. The van der Waals surface area contributed by atoms with Crippen molar-refractivity contribution in [1.29, 1.82) is 0 Å². The lowest BCUT2D eigenvalue weighted by atomic mass is 10.3. The fourth-order valence-corrected chi connectivity index (χ4v) is 1.73. The molecule has 0 saturated carbocycles. The topological polar surface area (TPSA) is 67.2 Å². The molecular weight excluding hydrogens is 280 g/mol. The summed E-state index contributed by atoms with van der Waals surface area (Å²) >= 11 is 0. The predicted molar refractivity (Wildman–Crippen MR) is 73.4 cm³/mol. The normalized spacial score (nSPS) is 11.1. The van der Waals surface area contributed by atoms with Gasteiger partial charge in [0.2, 0.25) is 0 Å². The Hall–Kier alpha value is -2.28. The molecular formula is C14H15F2N3O2. The number of halogens is 2. The quantitative estimate of drug-likeness (QED) is 0.901. The second kappa shape index (κ2) is 6.01. The maximum Gasteiger partial charge on any atom is 0.275 e. The van der Waals surface area contributed by atoms with Crippen molar-refractivity contribution in [2.75, 3.05) is 0 Å². The van der Waals surface area contributed by atoms with E-state index >= 15 is 0 Å². The molecule has 2 aromatic rings. The van der Waals surface area contributed by atoms with Crippen molar-refractivity contribution >= 4 is 0 Å². The number of nitrogens with one attached hydrogen (secondary N) is 1. The number of aromatic hydroxyl groups is 1. The Kier molecular flexibility index (Phi) is 4.32. The summed E-state index contributed by atoms with van der Waals surface area (Å²) in [6.45, 7) is 4.00. The minimum atomic E-state index is -0.778. The van der Waals surface area contributed by atoms with E-state index in [1.54, 1.807) is 0 Å². The molecule has 0 unspecified atom stereocenters. The molecule has 0 atom stereocenters. The Morgan fingerprint density at radius 3 is 2.71 bits per heavy atom. The number of rotatable bonds is 4. The molecule has 0 aliphatic carbocycles. The van der Waals surface area contributed by atoms with Gasteiger partial charge < -0.3 is 10.4 Å². The zero-order valence-corrected chi connectivity index (χ0v) is 11.6. The summed E-state index contributed by atoms with van der Waals surface area (Å²) < 4.78 is 27.7. The summed E-state index contributed by atoms with van der Waals surface area (Å²) in [5.74, 6) is -1.75. The van der Waals surface area contributed by atoms with E-state index < -0.39 is 17.2 Å². The maximum absolute atomic E-state index is 13.7. The van der Waals surface area contributed by atoms with Gasteiger partial charge in [0.25, 0.3) is 5.56 Å². The molecule has 7 heteroatoms. The highest BCUT2D eigenvalue weighted by Gasteiger charge is 2.13. The van der Waals surface area contributed by atoms with Crippen LogP contribution in [0.3, 0.4) is 0 Å². The van der Waals surface area contributed by atoms with E-state index in [0.717, 1.165) is 28.9 Å². The number of aromatic nitrogens is 2. The lowest BCUT2D eigenvalue weighted by Crippen LogP contribution is -2.27. The Labute approximate surface area is 119 Å². The van der Waals surface area contributed by atoms with Crippen LogP contribution >= 0.6 is 0 Å². The molecule has 112 valence electrons. The van der Waals surface area contributed by atoms with Crippen molar-refractivity contribution in [2.45, 2.75) is 26.4 Å². The molecule has 0 bridgehead atoms. The monoisotopic (exact) mass is 295 g/mol. The van der Waals surface area contributed by atoms with Gasteiger partial charge in [-0.3, -0.25) is 4.79 Å². The molecule has 1 aromatic carbocycles. The molecule has 2 N–H and O–H groups in total. The molecule has 0 aliphatic rings. The van der Waals surface area contributed by atoms with Crippen LogP contribution in [0.1, 0.15) is 19.5 Å². The van der Waals surface area contributed by atoms with Crippen molar-refractivity contribution in [3.63, 3.8) is 0 Å². The molecule has 5 nitrogen and oxygen atoms in total. The van der Waals surface area contributed by atoms with E-state index in [4.69, 9.17) is 0 Å². The Balaban J connectivity index is 2.51. The Morgan fingerprint density at radius 2 is 2.05 bits per heavy atom. The minimum Gasteiger partial charge on any atom is -0.506 e. The summed E-state index contributed by atoms with van der Waals surface area (Å²) in [4.78, 5) is 11.8. The first-order chi connectivity index (χ1) is 9.88. The van der Waals surface area contributed by atoms with E-state index in [2.05, 4.69) is 10.4 Å². The van der Waals surface area contributed by atoms with Gasteiger partial charge in [0.1, 0.15) is 28.8 Å². The van der Waals surface area contributed by atoms with Gasteiger partial charge in [0, 0.05) is 24.7 Å². The Morgan fingerprint density at radius 1 is 1.33 bits per heavy atom. The Bertz CT molecular complexity index is 714. The van der Waals surface area contributed by atoms with Gasteiger partial charge in [-0.1, -0.05) is 13.8 Å². The molecule has 0 amide bonds. The number of benzene rings is 1. The van der Waals surface area contributed by atoms with Crippen LogP contribution in [0, 0.1) is 11.6 Å². The van der Waals surface area contributed by atoms with Gasteiger partial charge in [-0.05, 0) is 12.1 Å². The molecule has 1 aromatic heterocycles. The van der Waals surface area contributed by atoms with Gasteiger partial charge in [-0.25, -0.2) is 8.78 Å². The van der Waals surface area contributed by atoms with Crippen molar-refractivity contribution in [2.24, 2.45) is 0 Å². The van der Waals surface area contributed by atoms with Crippen LogP contribution in [0.2, 0.25) is 0 Å². The largest absolute Gasteiger partial charge is 0.506 e. The van der Waals surface area contributed by atoms with E-state index in [1.165, 1.54) is 0 Å². The number of hydrogen-bond donors (Lipinski definition) is 2. The molecule has 0 aliphatic heterocycles. The third-order valence-corrected chi connectivity index (χ3v) is 2.80. The predicted octanol–water partition coefficient (Wildman–Crippen LogP) is 1.71. The highest BCUT2D eigenvalue weighted by molar-refractivity contribution is 5.35. The number of hydrogen-bond acceptors (Lipinski definition) is 4. The molecule has 0 radical (unpaired) electrons. The van der Waals surface area contributed by atoms with E-state index in [-0.39, 0.29) is 29.7 Å². The van der Waals surface area contributed by atoms with E-state index in [0.29, 0.717) is 0 Å². The summed E-state index contributed by atoms with van der Waals surface area (Å²) in [5.41, 5.74) is -0.872. The van der Waals surface area contributed by atoms with Crippen molar-refractivity contribution in [3.05, 3.63) is 51.9 Å². The molecule has 0 saturated heterocycles. The highest BCUT2D eigenvalue weighted by Crippen LogP contribution is 2.15. The van der Waals surface area contributed by atoms with E-state index in [9.17, 15) is 18.7 Å². The molecule has 2 rings (SSSR count). The van der Waals surface area contributed by atoms with Crippen LogP contribution in [0.5, 0.6) is 5.75 Å². The van der Waals surface area contributed by atoms with Crippen LogP contribution < -0.4 is 10.9 Å².